The summed E-state index contributed by atoms with van der Waals surface area (Å²) in [5.41, 5.74) is 7.98. The van der Waals surface area contributed by atoms with Crippen LogP contribution in [0.3, 0.4) is 0 Å². The van der Waals surface area contributed by atoms with E-state index in [9.17, 15) is 0 Å². The maximum atomic E-state index is 5.12. The highest BCUT2D eigenvalue weighted by Gasteiger charge is 2.20. The number of nitrogens with zero attached hydrogens (tertiary/aromatic N) is 3. The maximum absolute atomic E-state index is 5.12. The van der Waals surface area contributed by atoms with Crippen LogP contribution in [-0.4, -0.2) is 15.0 Å². The average Bonchev–Trinajstić information content (AvgIpc) is 3.98. The van der Waals surface area contributed by atoms with Gasteiger partial charge in [-0.15, -0.1) is 34.0 Å². The van der Waals surface area contributed by atoms with Crippen LogP contribution in [0.4, 0.5) is 0 Å². The van der Waals surface area contributed by atoms with Crippen molar-refractivity contribution < 1.29 is 0 Å². The summed E-state index contributed by atoms with van der Waals surface area (Å²) in [5.74, 6) is 2.00. The summed E-state index contributed by atoms with van der Waals surface area (Å²) in [5, 5.41) is 7.71. The van der Waals surface area contributed by atoms with Crippen molar-refractivity contribution >= 4 is 94.5 Å². The zero-order valence-electron chi connectivity index (χ0n) is 30.3. The monoisotopic (exact) mass is 779 g/mol. The Hall–Kier alpha value is -6.57. The first kappa shape index (κ1) is 32.7. The summed E-state index contributed by atoms with van der Waals surface area (Å²) in [6.45, 7) is 0. The van der Waals surface area contributed by atoms with Crippen molar-refractivity contribution in [2.75, 3.05) is 0 Å². The van der Waals surface area contributed by atoms with Crippen LogP contribution in [0.15, 0.2) is 176 Å². The fourth-order valence-electron chi connectivity index (χ4n) is 8.33. The molecule has 0 saturated heterocycles. The molecule has 0 aliphatic carbocycles. The summed E-state index contributed by atoms with van der Waals surface area (Å²) in [6, 6.07) is 63.0. The molecule has 0 spiro atoms. The van der Waals surface area contributed by atoms with Crippen LogP contribution in [0.2, 0.25) is 0 Å². The average molecular weight is 780 g/mol. The molecule has 0 fully saturated rings. The van der Waals surface area contributed by atoms with Gasteiger partial charge in [-0.25, -0.2) is 15.0 Å². The lowest BCUT2D eigenvalue weighted by Crippen LogP contribution is -2.00. The fourth-order valence-corrected chi connectivity index (χ4v) is 12.1. The Labute approximate surface area is 339 Å². The van der Waals surface area contributed by atoms with Crippen molar-refractivity contribution in [1.82, 2.24) is 15.0 Å². The Balaban J connectivity index is 1.04. The molecule has 266 valence electrons. The lowest BCUT2D eigenvalue weighted by molar-refractivity contribution is 1.08. The Kier molecular flexibility index (Phi) is 7.45. The third kappa shape index (κ3) is 5.26. The second-order valence-corrected chi connectivity index (χ2v) is 17.4. The summed E-state index contributed by atoms with van der Waals surface area (Å²) >= 11 is 5.60. The van der Waals surface area contributed by atoms with Crippen molar-refractivity contribution in [1.29, 1.82) is 0 Å². The lowest BCUT2D eigenvalue weighted by atomic mass is 9.96. The van der Waals surface area contributed by atoms with E-state index in [0.717, 1.165) is 16.7 Å². The fraction of sp³-hybridized carbons (Fsp3) is 0. The van der Waals surface area contributed by atoms with Crippen LogP contribution >= 0.6 is 34.0 Å². The third-order valence-corrected chi connectivity index (χ3v) is 14.6. The number of rotatable bonds is 5. The van der Waals surface area contributed by atoms with Crippen LogP contribution in [0, 0.1) is 0 Å². The Bertz CT molecular complexity index is 3470. The molecule has 4 aromatic heterocycles. The topological polar surface area (TPSA) is 38.7 Å². The Morgan fingerprint density at radius 2 is 0.807 bits per heavy atom. The highest BCUT2D eigenvalue weighted by molar-refractivity contribution is 7.27. The van der Waals surface area contributed by atoms with Gasteiger partial charge in [-0.3, -0.25) is 0 Å². The SMILES string of the molecule is c1ccc(-c2nc(-c3ccccc3)nc(-c3cccc4c3sc3c(-c5cccc6sc7c(-c8ccc9c(c8)sc8ccccc89)cccc7c56)cccc34)n2)cc1. The number of thiophene rings is 3. The number of hydrogen-bond donors (Lipinski definition) is 0. The molecule has 57 heavy (non-hydrogen) atoms. The quantitative estimate of drug-likeness (QED) is 0.175. The van der Waals surface area contributed by atoms with E-state index >= 15 is 0 Å². The van der Waals surface area contributed by atoms with Crippen LogP contribution in [-0.2, 0) is 0 Å². The van der Waals surface area contributed by atoms with Crippen LogP contribution in [0.25, 0.3) is 117 Å². The van der Waals surface area contributed by atoms with Gasteiger partial charge >= 0.3 is 0 Å². The molecule has 0 N–H and O–H groups in total. The van der Waals surface area contributed by atoms with Gasteiger partial charge in [0.2, 0.25) is 0 Å². The van der Waals surface area contributed by atoms with Gasteiger partial charge in [-0.1, -0.05) is 152 Å². The molecule has 12 rings (SSSR count). The van der Waals surface area contributed by atoms with E-state index in [4.69, 9.17) is 15.0 Å². The number of hydrogen-bond acceptors (Lipinski definition) is 6. The van der Waals surface area contributed by atoms with Gasteiger partial charge < -0.3 is 0 Å². The first-order chi connectivity index (χ1) is 28.2. The molecule has 0 saturated carbocycles. The number of benzene rings is 8. The first-order valence-corrected chi connectivity index (χ1v) is 21.4. The summed E-state index contributed by atoms with van der Waals surface area (Å²) in [4.78, 5) is 15.2. The standard InChI is InChI=1S/C51H29N3S3/c1-3-13-30(14-4-1)49-52-50(31-15-5-2-6-16-31)54-51(53-49)41-24-11-22-39-38-21-10-20-37(47(38)57-48(39)41)36-19-12-26-43-45(36)40-23-9-18-33(46(40)56-43)32-27-28-35-34-17-7-8-25-42(34)55-44(35)29-32/h1-29H. The third-order valence-electron chi connectivity index (χ3n) is 11.0. The number of aromatic nitrogens is 3. The minimum absolute atomic E-state index is 0.664. The molecule has 4 heterocycles. The molecule has 3 nitrogen and oxygen atoms in total. The van der Waals surface area contributed by atoms with Crippen LogP contribution in [0.1, 0.15) is 0 Å². The molecule has 0 amide bonds. The van der Waals surface area contributed by atoms with Gasteiger partial charge in [0.25, 0.3) is 0 Å². The Morgan fingerprint density at radius 1 is 0.281 bits per heavy atom. The van der Waals surface area contributed by atoms with E-state index < -0.39 is 0 Å². The van der Waals surface area contributed by atoms with Gasteiger partial charge in [-0.05, 0) is 41.0 Å². The van der Waals surface area contributed by atoms with Crippen molar-refractivity contribution in [2.24, 2.45) is 0 Å². The summed E-state index contributed by atoms with van der Waals surface area (Å²) in [7, 11) is 0. The molecule has 0 unspecified atom stereocenters. The zero-order valence-corrected chi connectivity index (χ0v) is 32.8. The molecule has 0 aliphatic rings. The van der Waals surface area contributed by atoms with Gasteiger partial charge in [0.15, 0.2) is 17.5 Å². The summed E-state index contributed by atoms with van der Waals surface area (Å²) in [6.07, 6.45) is 0. The molecule has 0 radical (unpaired) electrons. The van der Waals surface area contributed by atoms with E-state index in [1.54, 1.807) is 0 Å². The zero-order chi connectivity index (χ0) is 37.5. The predicted molar refractivity (Wildman–Crippen MR) is 246 cm³/mol. The normalized spacial score (nSPS) is 11.9. The molecule has 8 aromatic carbocycles. The van der Waals surface area contributed by atoms with Crippen molar-refractivity contribution in [3.05, 3.63) is 176 Å². The molecule has 0 aliphatic heterocycles. The molecule has 12 aromatic rings. The molecule has 6 heteroatoms. The van der Waals surface area contributed by atoms with Crippen LogP contribution in [0.5, 0.6) is 0 Å². The molecular weight excluding hydrogens is 751 g/mol. The van der Waals surface area contributed by atoms with E-state index in [1.807, 2.05) is 70.4 Å². The smallest absolute Gasteiger partial charge is 0.165 e. The van der Waals surface area contributed by atoms with Crippen LogP contribution < -0.4 is 0 Å². The van der Waals surface area contributed by atoms with Gasteiger partial charge in [0, 0.05) is 82.8 Å². The molecule has 0 atom stereocenters. The molecular formula is C51H29N3S3. The molecule has 0 bridgehead atoms. The van der Waals surface area contributed by atoms with E-state index in [2.05, 4.69) is 140 Å². The summed E-state index contributed by atoms with van der Waals surface area (Å²) < 4.78 is 7.71. The van der Waals surface area contributed by atoms with Crippen molar-refractivity contribution in [3.8, 4) is 56.4 Å². The second-order valence-electron chi connectivity index (χ2n) is 14.3. The van der Waals surface area contributed by atoms with Gasteiger partial charge in [0.1, 0.15) is 0 Å². The Morgan fingerprint density at radius 3 is 1.56 bits per heavy atom. The van der Waals surface area contributed by atoms with Gasteiger partial charge in [0.05, 0.1) is 0 Å². The van der Waals surface area contributed by atoms with Gasteiger partial charge in [-0.2, -0.15) is 0 Å². The second kappa shape index (κ2) is 13.0. The highest BCUT2D eigenvalue weighted by atomic mass is 32.1. The predicted octanol–water partition coefficient (Wildman–Crippen LogP) is 15.3. The van der Waals surface area contributed by atoms with E-state index in [1.165, 1.54) is 82.8 Å². The minimum atomic E-state index is 0.664. The van der Waals surface area contributed by atoms with Crippen molar-refractivity contribution in [3.63, 3.8) is 0 Å². The largest absolute Gasteiger partial charge is 0.208 e. The highest BCUT2D eigenvalue weighted by Crippen LogP contribution is 2.49. The maximum Gasteiger partial charge on any atom is 0.165 e. The van der Waals surface area contributed by atoms with E-state index in [-0.39, 0.29) is 0 Å². The minimum Gasteiger partial charge on any atom is -0.208 e. The van der Waals surface area contributed by atoms with E-state index in [0.29, 0.717) is 17.5 Å². The lowest BCUT2D eigenvalue weighted by Gasteiger charge is -2.09. The van der Waals surface area contributed by atoms with Crippen molar-refractivity contribution in [2.45, 2.75) is 0 Å². The number of fused-ring (bicyclic) bond motifs is 9. The first-order valence-electron chi connectivity index (χ1n) is 18.9.